The monoisotopic (exact) mass is 181 g/mol. The van der Waals surface area contributed by atoms with Crippen LogP contribution in [-0.2, 0) is 6.16 Å². The van der Waals surface area contributed by atoms with Gasteiger partial charge in [-0.1, -0.05) is 30.3 Å². The third kappa shape index (κ3) is 2.95. The smallest absolute Gasteiger partial charge is 0.0622 e. The molecule has 1 rings (SSSR count). The van der Waals surface area contributed by atoms with E-state index in [1.165, 1.54) is 11.7 Å². The fraction of sp³-hybridized carbons (Fsp3) is 0.455. The van der Waals surface area contributed by atoms with Gasteiger partial charge in [0.2, 0.25) is 0 Å². The van der Waals surface area contributed by atoms with Crippen molar-refractivity contribution in [2.24, 2.45) is 0 Å². The first-order chi connectivity index (χ1) is 5.70. The predicted molar refractivity (Wildman–Crippen MR) is 59.5 cm³/mol. The summed E-state index contributed by atoms with van der Waals surface area (Å²) in [5, 5.41) is 0. The molecule has 12 heavy (non-hydrogen) atoms. The lowest BCUT2D eigenvalue weighted by molar-refractivity contribution is 1.08. The minimum atomic E-state index is -0.159. The minimum absolute atomic E-state index is 0.159. The van der Waals surface area contributed by atoms with E-state index in [0.29, 0.717) is 0 Å². The van der Waals surface area contributed by atoms with Crippen LogP contribution in [0.2, 0.25) is 0 Å². The lowest BCUT2D eigenvalue weighted by Gasteiger charge is -2.08. The van der Waals surface area contributed by atoms with Crippen molar-refractivity contribution in [2.45, 2.75) is 25.7 Å². The summed E-state index contributed by atoms with van der Waals surface area (Å²) in [6, 6.07) is 10.8. The van der Waals surface area contributed by atoms with Gasteiger partial charge in [0.1, 0.15) is 0 Å². The highest BCUT2D eigenvalue weighted by Crippen LogP contribution is 2.40. The van der Waals surface area contributed by atoms with Gasteiger partial charge in [-0.3, -0.25) is 0 Å². The summed E-state index contributed by atoms with van der Waals surface area (Å²) < 4.78 is 0. The Kier molecular flexibility index (Phi) is 3.75. The fourth-order valence-corrected chi connectivity index (χ4v) is 2.41. The summed E-state index contributed by atoms with van der Waals surface area (Å²) in [6.45, 7) is 7.08. The zero-order chi connectivity index (χ0) is 8.97. The zero-order valence-corrected chi connectivity index (χ0v) is 9.17. The molecule has 0 bridgehead atoms. The second-order valence-electron chi connectivity index (χ2n) is 3.66. The van der Waals surface area contributed by atoms with Gasteiger partial charge in [0, 0.05) is 14.6 Å². The Balaban J connectivity index is 2.53. The van der Waals surface area contributed by atoms with E-state index in [0.717, 1.165) is 5.66 Å². The van der Waals surface area contributed by atoms with Crippen LogP contribution in [0.4, 0.5) is 0 Å². The van der Waals surface area contributed by atoms with Crippen molar-refractivity contribution in [3.8, 4) is 0 Å². The molecule has 0 nitrogen and oxygen atoms in total. The Labute approximate surface area is 76.8 Å². The molecule has 66 valence electrons. The van der Waals surface area contributed by atoms with E-state index in [-0.39, 0.29) is 7.92 Å². The van der Waals surface area contributed by atoms with Crippen molar-refractivity contribution >= 4 is 7.92 Å². The van der Waals surface area contributed by atoms with Crippen LogP contribution in [-0.4, -0.2) is 12.3 Å². The molecule has 0 spiro atoms. The van der Waals surface area contributed by atoms with Gasteiger partial charge < -0.3 is 0 Å². The molecule has 1 unspecified atom stereocenters. The van der Waals surface area contributed by atoms with E-state index >= 15 is 0 Å². The van der Waals surface area contributed by atoms with Crippen LogP contribution < -0.4 is 0 Å². The summed E-state index contributed by atoms with van der Waals surface area (Å²) >= 11 is 0. The van der Waals surface area contributed by atoms with Gasteiger partial charge in [-0.15, -0.1) is 0 Å². The number of hydrogen-bond donors (Lipinski definition) is 0. The van der Waals surface area contributed by atoms with Gasteiger partial charge in [0.15, 0.2) is 0 Å². The highest BCUT2D eigenvalue weighted by molar-refractivity contribution is 7.56. The number of rotatable bonds is 3. The second kappa shape index (κ2) is 4.62. The Hall–Kier alpha value is -0.350. The highest BCUT2D eigenvalue weighted by atomic mass is 31.1. The third-order valence-corrected chi connectivity index (χ3v) is 5.25. The molecular formula is C11H18P+. The van der Waals surface area contributed by atoms with E-state index in [9.17, 15) is 0 Å². The summed E-state index contributed by atoms with van der Waals surface area (Å²) in [5.41, 5.74) is 2.39. The van der Waals surface area contributed by atoms with Crippen LogP contribution in [0.3, 0.4) is 0 Å². The topological polar surface area (TPSA) is 0 Å². The molecular weight excluding hydrogens is 163 g/mol. The van der Waals surface area contributed by atoms with Crippen molar-refractivity contribution in [1.29, 1.82) is 0 Å². The van der Waals surface area contributed by atoms with Crippen LogP contribution in [0.25, 0.3) is 0 Å². The van der Waals surface area contributed by atoms with Crippen molar-refractivity contribution in [3.63, 3.8) is 0 Å². The van der Waals surface area contributed by atoms with E-state index in [4.69, 9.17) is 0 Å². The molecule has 1 aromatic rings. The highest BCUT2D eigenvalue weighted by Gasteiger charge is 2.13. The Bertz CT molecular complexity index is 216. The maximum atomic E-state index is 2.42. The standard InChI is InChI=1S/C11H17P/c1-10(2)12(3)9-11-7-5-4-6-8-11/h4-8,10H,9H2,1-3H3/p+1. The predicted octanol–water partition coefficient (Wildman–Crippen LogP) is 3.44. The van der Waals surface area contributed by atoms with Crippen LogP contribution in [0.1, 0.15) is 19.4 Å². The van der Waals surface area contributed by atoms with Crippen molar-refractivity contribution < 1.29 is 0 Å². The maximum absolute atomic E-state index is 2.42. The fourth-order valence-electron chi connectivity index (χ4n) is 1.12. The summed E-state index contributed by atoms with van der Waals surface area (Å²) in [5.74, 6) is 0. The molecule has 0 saturated heterocycles. The van der Waals surface area contributed by atoms with E-state index < -0.39 is 0 Å². The van der Waals surface area contributed by atoms with Gasteiger partial charge in [-0.05, 0) is 19.4 Å². The quantitative estimate of drug-likeness (QED) is 0.626. The van der Waals surface area contributed by atoms with Crippen LogP contribution >= 0.6 is 7.92 Å². The Morgan fingerprint density at radius 2 is 1.75 bits per heavy atom. The Morgan fingerprint density at radius 1 is 1.17 bits per heavy atom. The first-order valence-electron chi connectivity index (χ1n) is 4.56. The molecule has 0 amide bonds. The van der Waals surface area contributed by atoms with E-state index in [1.54, 1.807) is 0 Å². The van der Waals surface area contributed by atoms with Gasteiger partial charge >= 0.3 is 0 Å². The SMILES string of the molecule is CC(C)[PH+](C)Cc1ccccc1. The zero-order valence-electron chi connectivity index (χ0n) is 8.17. The molecule has 0 saturated carbocycles. The average Bonchev–Trinajstić information content (AvgIpc) is 2.06. The Morgan fingerprint density at radius 3 is 2.25 bits per heavy atom. The van der Waals surface area contributed by atoms with Crippen LogP contribution in [0.15, 0.2) is 30.3 Å². The second-order valence-corrected chi connectivity index (χ2v) is 6.86. The van der Waals surface area contributed by atoms with Crippen molar-refractivity contribution in [2.75, 3.05) is 6.66 Å². The van der Waals surface area contributed by atoms with E-state index in [2.05, 4.69) is 50.8 Å². The summed E-state index contributed by atoms with van der Waals surface area (Å²) in [6.07, 6.45) is 1.31. The van der Waals surface area contributed by atoms with Crippen LogP contribution in [0, 0.1) is 0 Å². The lowest BCUT2D eigenvalue weighted by atomic mass is 10.2. The molecule has 0 radical (unpaired) electrons. The van der Waals surface area contributed by atoms with Gasteiger partial charge in [-0.25, -0.2) is 0 Å². The first kappa shape index (κ1) is 9.74. The largest absolute Gasteiger partial charge is 0.0820 e. The van der Waals surface area contributed by atoms with Crippen molar-refractivity contribution in [1.82, 2.24) is 0 Å². The lowest BCUT2D eigenvalue weighted by Crippen LogP contribution is -1.93. The van der Waals surface area contributed by atoms with Crippen molar-refractivity contribution in [3.05, 3.63) is 35.9 Å². The van der Waals surface area contributed by atoms with Gasteiger partial charge in [-0.2, -0.15) is 0 Å². The van der Waals surface area contributed by atoms with Gasteiger partial charge in [0.05, 0.1) is 11.8 Å². The number of hydrogen-bond acceptors (Lipinski definition) is 0. The molecule has 0 aromatic heterocycles. The molecule has 0 N–H and O–H groups in total. The molecule has 1 atom stereocenters. The van der Waals surface area contributed by atoms with E-state index in [1.807, 2.05) is 0 Å². The molecule has 0 fully saturated rings. The first-order valence-corrected chi connectivity index (χ1v) is 6.85. The molecule has 0 heterocycles. The minimum Gasteiger partial charge on any atom is -0.0622 e. The van der Waals surface area contributed by atoms with Crippen LogP contribution in [0.5, 0.6) is 0 Å². The number of benzene rings is 1. The van der Waals surface area contributed by atoms with Gasteiger partial charge in [0.25, 0.3) is 0 Å². The molecule has 0 aliphatic carbocycles. The molecule has 1 heteroatoms. The molecule has 1 aromatic carbocycles. The molecule has 0 aliphatic heterocycles. The summed E-state index contributed by atoms with van der Waals surface area (Å²) in [4.78, 5) is 0. The molecule has 0 aliphatic rings. The maximum Gasteiger partial charge on any atom is 0.0820 e. The normalized spacial score (nSPS) is 13.3. The average molecular weight is 181 g/mol. The third-order valence-electron chi connectivity index (χ3n) is 2.31. The summed E-state index contributed by atoms with van der Waals surface area (Å²) in [7, 11) is -0.159.